The van der Waals surface area contributed by atoms with E-state index in [9.17, 15) is 15.0 Å². The second-order valence-corrected chi connectivity index (χ2v) is 7.64. The van der Waals surface area contributed by atoms with Crippen LogP contribution in [0.5, 0.6) is 0 Å². The number of β-amino-alcohol motifs (C(OH)–C–C–N with tert-alkyl or cyclic N) is 1. The van der Waals surface area contributed by atoms with Crippen LogP contribution in [0.15, 0.2) is 42.5 Å². The molecule has 3 aliphatic heterocycles. The quantitative estimate of drug-likeness (QED) is 0.696. The topological polar surface area (TPSA) is 82.0 Å². The van der Waals surface area contributed by atoms with E-state index in [1.54, 1.807) is 0 Å². The van der Waals surface area contributed by atoms with Gasteiger partial charge in [0, 0.05) is 42.0 Å². The summed E-state index contributed by atoms with van der Waals surface area (Å²) >= 11 is 0. The van der Waals surface area contributed by atoms with Crippen LogP contribution >= 0.6 is 0 Å². The van der Waals surface area contributed by atoms with Crippen molar-refractivity contribution in [2.75, 3.05) is 18.4 Å². The standard InChI is InChI=1S/C22H22N2O4/c25-18-7-8-24(11-19(18)26)10-13-5-6-15-14(9-13)12-28-21(15)20-16-3-1-2-4-17(16)23-22(20)27/h1-6,9,18-19,25-26H,7-8,10-12H2,(H,23,27)/b21-20+. The van der Waals surface area contributed by atoms with Crippen LogP contribution in [-0.2, 0) is 22.7 Å². The Labute approximate surface area is 163 Å². The molecule has 2 aromatic carbocycles. The summed E-state index contributed by atoms with van der Waals surface area (Å²) < 4.78 is 5.94. The lowest BCUT2D eigenvalue weighted by molar-refractivity contribution is -0.110. The molecule has 3 aliphatic rings. The fraction of sp³-hybridized carbons (Fsp3) is 0.318. The zero-order chi connectivity index (χ0) is 19.3. The predicted octanol–water partition coefficient (Wildman–Crippen LogP) is 1.96. The Morgan fingerprint density at radius 3 is 2.82 bits per heavy atom. The molecule has 3 heterocycles. The van der Waals surface area contributed by atoms with Crippen LogP contribution in [0, 0.1) is 0 Å². The van der Waals surface area contributed by atoms with E-state index in [0.29, 0.717) is 37.4 Å². The van der Waals surface area contributed by atoms with Gasteiger partial charge < -0.3 is 20.3 Å². The smallest absolute Gasteiger partial charge is 0.260 e. The summed E-state index contributed by atoms with van der Waals surface area (Å²) in [5.41, 5.74) is 5.44. The molecule has 0 aromatic heterocycles. The third-order valence-corrected chi connectivity index (χ3v) is 5.72. The molecule has 1 amide bonds. The van der Waals surface area contributed by atoms with E-state index in [1.807, 2.05) is 36.4 Å². The normalized spacial score (nSPS) is 26.6. The number of benzene rings is 2. The van der Waals surface area contributed by atoms with Gasteiger partial charge in [-0.2, -0.15) is 0 Å². The van der Waals surface area contributed by atoms with Gasteiger partial charge in [-0.1, -0.05) is 36.4 Å². The first kappa shape index (κ1) is 17.4. The molecular weight excluding hydrogens is 356 g/mol. The molecular formula is C22H22N2O4. The summed E-state index contributed by atoms with van der Waals surface area (Å²) in [5, 5.41) is 22.5. The highest BCUT2D eigenvalue weighted by atomic mass is 16.5. The van der Waals surface area contributed by atoms with Crippen molar-refractivity contribution in [2.24, 2.45) is 0 Å². The lowest BCUT2D eigenvalue weighted by Gasteiger charge is -2.33. The number of ether oxygens (including phenoxy) is 1. The first-order valence-corrected chi connectivity index (χ1v) is 9.58. The Bertz CT molecular complexity index is 984. The highest BCUT2D eigenvalue weighted by Gasteiger charge is 2.32. The summed E-state index contributed by atoms with van der Waals surface area (Å²) in [6.45, 7) is 2.39. The third-order valence-electron chi connectivity index (χ3n) is 5.72. The number of carbonyl (C=O) groups is 1. The van der Waals surface area contributed by atoms with Crippen molar-refractivity contribution >= 4 is 22.9 Å². The summed E-state index contributed by atoms with van der Waals surface area (Å²) in [6, 6.07) is 13.8. The Morgan fingerprint density at radius 2 is 1.96 bits per heavy atom. The number of likely N-dealkylation sites (tertiary alicyclic amines) is 1. The summed E-state index contributed by atoms with van der Waals surface area (Å²) in [6.07, 6.45) is -0.733. The first-order valence-electron chi connectivity index (χ1n) is 9.58. The van der Waals surface area contributed by atoms with Gasteiger partial charge in [0.05, 0.1) is 17.8 Å². The molecule has 0 bridgehead atoms. The molecule has 5 rings (SSSR count). The Hall–Kier alpha value is -2.67. The van der Waals surface area contributed by atoms with Gasteiger partial charge in [0.1, 0.15) is 12.4 Å². The van der Waals surface area contributed by atoms with Crippen LogP contribution in [-0.4, -0.2) is 46.3 Å². The van der Waals surface area contributed by atoms with Crippen molar-refractivity contribution in [2.45, 2.75) is 31.8 Å². The van der Waals surface area contributed by atoms with E-state index in [4.69, 9.17) is 4.74 Å². The number of nitrogens with one attached hydrogen (secondary N) is 1. The third kappa shape index (κ3) is 2.90. The predicted molar refractivity (Wildman–Crippen MR) is 105 cm³/mol. The molecule has 6 nitrogen and oxygen atoms in total. The number of nitrogens with zero attached hydrogens (tertiary/aromatic N) is 1. The minimum absolute atomic E-state index is 0.131. The van der Waals surface area contributed by atoms with Crippen LogP contribution in [0.25, 0.3) is 11.3 Å². The average molecular weight is 378 g/mol. The van der Waals surface area contributed by atoms with E-state index in [1.165, 1.54) is 0 Å². The number of hydrogen-bond acceptors (Lipinski definition) is 5. The molecule has 0 saturated carbocycles. The number of carbonyl (C=O) groups excluding carboxylic acids is 1. The monoisotopic (exact) mass is 378 g/mol. The highest BCUT2D eigenvalue weighted by molar-refractivity contribution is 6.36. The van der Waals surface area contributed by atoms with Gasteiger partial charge in [0.2, 0.25) is 0 Å². The Kier molecular flexibility index (Phi) is 4.19. The molecule has 1 saturated heterocycles. The molecule has 2 atom stereocenters. The SMILES string of the molecule is O=C1Nc2ccccc2/C1=C1\OCc2cc(CN3CCC(O)C(O)C3)ccc21. The van der Waals surface area contributed by atoms with Crippen molar-refractivity contribution in [3.05, 3.63) is 64.7 Å². The maximum atomic E-state index is 12.5. The van der Waals surface area contributed by atoms with Gasteiger partial charge in [-0.25, -0.2) is 0 Å². The summed E-state index contributed by atoms with van der Waals surface area (Å²) in [5.74, 6) is 0.509. The van der Waals surface area contributed by atoms with Crippen molar-refractivity contribution in [3.8, 4) is 0 Å². The zero-order valence-corrected chi connectivity index (χ0v) is 15.4. The fourth-order valence-corrected chi connectivity index (χ4v) is 4.25. The maximum Gasteiger partial charge on any atom is 0.260 e. The molecule has 0 radical (unpaired) electrons. The van der Waals surface area contributed by atoms with Gasteiger partial charge in [0.25, 0.3) is 5.91 Å². The van der Waals surface area contributed by atoms with E-state index in [-0.39, 0.29) is 5.91 Å². The first-order chi connectivity index (χ1) is 13.6. The van der Waals surface area contributed by atoms with Crippen LogP contribution in [0.4, 0.5) is 5.69 Å². The molecule has 0 spiro atoms. The molecule has 28 heavy (non-hydrogen) atoms. The zero-order valence-electron chi connectivity index (χ0n) is 15.4. The van der Waals surface area contributed by atoms with E-state index < -0.39 is 12.2 Å². The summed E-state index contributed by atoms with van der Waals surface area (Å²) in [4.78, 5) is 14.7. The van der Waals surface area contributed by atoms with Crippen molar-refractivity contribution in [1.82, 2.24) is 4.90 Å². The molecule has 1 fully saturated rings. The molecule has 144 valence electrons. The number of amides is 1. The number of rotatable bonds is 2. The number of aliphatic hydroxyl groups excluding tert-OH is 2. The molecule has 2 unspecified atom stereocenters. The van der Waals surface area contributed by atoms with Crippen molar-refractivity contribution in [3.63, 3.8) is 0 Å². The van der Waals surface area contributed by atoms with E-state index in [0.717, 1.165) is 34.5 Å². The van der Waals surface area contributed by atoms with E-state index in [2.05, 4.69) is 16.3 Å². The second-order valence-electron chi connectivity index (χ2n) is 7.64. The second kappa shape index (κ2) is 6.74. The minimum Gasteiger partial charge on any atom is -0.487 e. The Balaban J connectivity index is 1.43. The lowest BCUT2D eigenvalue weighted by atomic mass is 9.98. The Morgan fingerprint density at radius 1 is 1.11 bits per heavy atom. The van der Waals surface area contributed by atoms with E-state index >= 15 is 0 Å². The van der Waals surface area contributed by atoms with Crippen LogP contribution in [0.1, 0.15) is 28.7 Å². The number of anilines is 1. The van der Waals surface area contributed by atoms with Crippen LogP contribution in [0.3, 0.4) is 0 Å². The maximum absolute atomic E-state index is 12.5. The number of para-hydroxylation sites is 1. The largest absolute Gasteiger partial charge is 0.487 e. The van der Waals surface area contributed by atoms with Gasteiger partial charge in [0.15, 0.2) is 0 Å². The van der Waals surface area contributed by atoms with Gasteiger partial charge in [-0.3, -0.25) is 9.69 Å². The number of hydrogen-bond donors (Lipinski definition) is 3. The van der Waals surface area contributed by atoms with Gasteiger partial charge in [-0.05, 0) is 18.1 Å². The van der Waals surface area contributed by atoms with Crippen LogP contribution < -0.4 is 5.32 Å². The molecule has 3 N–H and O–H groups in total. The van der Waals surface area contributed by atoms with Gasteiger partial charge in [-0.15, -0.1) is 0 Å². The minimum atomic E-state index is -0.691. The van der Waals surface area contributed by atoms with Gasteiger partial charge >= 0.3 is 0 Å². The number of piperidine rings is 1. The molecule has 6 heteroatoms. The number of aliphatic hydroxyl groups is 2. The van der Waals surface area contributed by atoms with Crippen LogP contribution in [0.2, 0.25) is 0 Å². The van der Waals surface area contributed by atoms with Crippen molar-refractivity contribution < 1.29 is 19.7 Å². The lowest BCUT2D eigenvalue weighted by Crippen LogP contribution is -2.46. The van der Waals surface area contributed by atoms with Crippen molar-refractivity contribution in [1.29, 1.82) is 0 Å². The molecule has 2 aromatic rings. The molecule has 0 aliphatic carbocycles. The average Bonchev–Trinajstić information content (AvgIpc) is 3.24. The fourth-order valence-electron chi connectivity index (χ4n) is 4.25. The summed E-state index contributed by atoms with van der Waals surface area (Å²) in [7, 11) is 0. The number of fused-ring (bicyclic) bond motifs is 2. The highest BCUT2D eigenvalue weighted by Crippen LogP contribution is 2.41.